The Hall–Kier alpha value is -0.530. The quantitative estimate of drug-likeness (QED) is 0.462. The standard InChI is InChI=1S/C15H28O2/c1-3-4-5-6-7-8-9-10-14-13(2)11-12-15(16)17-14/h13-14H,3-12H2,1-2H3. The molecule has 1 aliphatic rings. The van der Waals surface area contributed by atoms with Gasteiger partial charge >= 0.3 is 5.97 Å². The summed E-state index contributed by atoms with van der Waals surface area (Å²) in [5.74, 6) is 0.573. The SMILES string of the molecule is CCCCCCCCCC1OC(=O)CCC1C. The predicted molar refractivity (Wildman–Crippen MR) is 70.9 cm³/mol. The van der Waals surface area contributed by atoms with Gasteiger partial charge in [0.25, 0.3) is 0 Å². The van der Waals surface area contributed by atoms with Crippen LogP contribution in [0, 0.1) is 5.92 Å². The number of hydrogen-bond acceptors (Lipinski definition) is 2. The second-order valence-corrected chi connectivity index (χ2v) is 5.45. The number of carbonyl (C=O) groups excluding carboxylic acids is 1. The molecule has 0 bridgehead atoms. The second-order valence-electron chi connectivity index (χ2n) is 5.45. The van der Waals surface area contributed by atoms with Gasteiger partial charge in [-0.25, -0.2) is 0 Å². The average Bonchev–Trinajstić information content (AvgIpc) is 2.32. The molecule has 1 fully saturated rings. The van der Waals surface area contributed by atoms with E-state index in [2.05, 4.69) is 13.8 Å². The Labute approximate surface area is 106 Å². The molecule has 0 aromatic carbocycles. The molecule has 0 amide bonds. The molecule has 0 spiro atoms. The Bertz CT molecular complexity index is 213. The first kappa shape index (κ1) is 14.5. The third-order valence-corrected chi connectivity index (χ3v) is 3.81. The maximum Gasteiger partial charge on any atom is 0.306 e. The molecule has 1 rings (SSSR count). The minimum absolute atomic E-state index is 0.0102. The Morgan fingerprint density at radius 1 is 1.12 bits per heavy atom. The zero-order chi connectivity index (χ0) is 12.5. The first-order valence-electron chi connectivity index (χ1n) is 7.43. The minimum Gasteiger partial charge on any atom is -0.462 e. The van der Waals surface area contributed by atoms with Gasteiger partial charge in [-0.2, -0.15) is 0 Å². The maximum absolute atomic E-state index is 11.2. The van der Waals surface area contributed by atoms with E-state index in [0.29, 0.717) is 12.3 Å². The fourth-order valence-corrected chi connectivity index (χ4v) is 2.52. The molecule has 100 valence electrons. The van der Waals surface area contributed by atoms with Gasteiger partial charge in [-0.1, -0.05) is 52.4 Å². The van der Waals surface area contributed by atoms with Gasteiger partial charge in [0.2, 0.25) is 0 Å². The van der Waals surface area contributed by atoms with Crippen LogP contribution in [0.4, 0.5) is 0 Å². The largest absolute Gasteiger partial charge is 0.462 e. The van der Waals surface area contributed by atoms with Gasteiger partial charge in [-0.3, -0.25) is 4.79 Å². The summed E-state index contributed by atoms with van der Waals surface area (Å²) < 4.78 is 5.40. The van der Waals surface area contributed by atoms with E-state index >= 15 is 0 Å². The lowest BCUT2D eigenvalue weighted by atomic mass is 9.92. The Kier molecular flexibility index (Phi) is 7.30. The molecular weight excluding hydrogens is 212 g/mol. The third-order valence-electron chi connectivity index (χ3n) is 3.81. The summed E-state index contributed by atoms with van der Waals surface area (Å²) in [5.41, 5.74) is 0. The molecule has 2 atom stereocenters. The van der Waals surface area contributed by atoms with Crippen molar-refractivity contribution in [1.82, 2.24) is 0 Å². The van der Waals surface area contributed by atoms with Gasteiger partial charge in [-0.05, 0) is 25.2 Å². The number of hydrogen-bond donors (Lipinski definition) is 0. The molecule has 1 heterocycles. The van der Waals surface area contributed by atoms with Crippen LogP contribution in [-0.2, 0) is 9.53 Å². The smallest absolute Gasteiger partial charge is 0.306 e. The van der Waals surface area contributed by atoms with Crippen LogP contribution < -0.4 is 0 Å². The van der Waals surface area contributed by atoms with Crippen LogP contribution in [-0.4, -0.2) is 12.1 Å². The molecule has 2 unspecified atom stereocenters. The summed E-state index contributed by atoms with van der Waals surface area (Å²) in [6.45, 7) is 4.46. The van der Waals surface area contributed by atoms with Gasteiger partial charge in [-0.15, -0.1) is 0 Å². The van der Waals surface area contributed by atoms with E-state index in [-0.39, 0.29) is 12.1 Å². The van der Waals surface area contributed by atoms with Crippen molar-refractivity contribution in [3.05, 3.63) is 0 Å². The minimum atomic E-state index is 0.0102. The summed E-state index contributed by atoms with van der Waals surface area (Å²) in [5, 5.41) is 0. The molecule has 1 aliphatic heterocycles. The number of carbonyl (C=O) groups is 1. The van der Waals surface area contributed by atoms with Crippen LogP contribution in [0.1, 0.15) is 78.1 Å². The summed E-state index contributed by atoms with van der Waals surface area (Å²) in [6.07, 6.45) is 12.2. The zero-order valence-corrected chi connectivity index (χ0v) is 11.5. The monoisotopic (exact) mass is 240 g/mol. The highest BCUT2D eigenvalue weighted by Gasteiger charge is 2.26. The van der Waals surface area contributed by atoms with Gasteiger partial charge in [0, 0.05) is 6.42 Å². The summed E-state index contributed by atoms with van der Waals surface area (Å²) >= 11 is 0. The Morgan fingerprint density at radius 3 is 2.47 bits per heavy atom. The van der Waals surface area contributed by atoms with Crippen LogP contribution in [0.5, 0.6) is 0 Å². The average molecular weight is 240 g/mol. The van der Waals surface area contributed by atoms with Crippen LogP contribution >= 0.6 is 0 Å². The van der Waals surface area contributed by atoms with Crippen molar-refractivity contribution in [2.24, 2.45) is 5.92 Å². The fraction of sp³-hybridized carbons (Fsp3) is 0.933. The van der Waals surface area contributed by atoms with Crippen molar-refractivity contribution in [2.45, 2.75) is 84.2 Å². The van der Waals surface area contributed by atoms with Crippen molar-refractivity contribution < 1.29 is 9.53 Å². The van der Waals surface area contributed by atoms with Gasteiger partial charge in [0.05, 0.1) is 0 Å². The highest BCUT2D eigenvalue weighted by molar-refractivity contribution is 5.70. The van der Waals surface area contributed by atoms with E-state index in [9.17, 15) is 4.79 Å². The summed E-state index contributed by atoms with van der Waals surface area (Å²) in [6, 6.07) is 0. The Morgan fingerprint density at radius 2 is 1.76 bits per heavy atom. The molecule has 0 radical (unpaired) electrons. The van der Waals surface area contributed by atoms with Gasteiger partial charge < -0.3 is 4.74 Å². The number of ether oxygens (including phenoxy) is 1. The molecule has 0 aromatic heterocycles. The van der Waals surface area contributed by atoms with E-state index in [1.807, 2.05) is 0 Å². The van der Waals surface area contributed by atoms with Crippen LogP contribution in [0.3, 0.4) is 0 Å². The molecule has 2 heteroatoms. The molecular formula is C15H28O2. The van der Waals surface area contributed by atoms with Crippen LogP contribution in [0.2, 0.25) is 0 Å². The highest BCUT2D eigenvalue weighted by Crippen LogP contribution is 2.25. The van der Waals surface area contributed by atoms with E-state index in [0.717, 1.165) is 12.8 Å². The van der Waals surface area contributed by atoms with Crippen LogP contribution in [0.15, 0.2) is 0 Å². The molecule has 0 saturated carbocycles. The van der Waals surface area contributed by atoms with Crippen molar-refractivity contribution in [3.8, 4) is 0 Å². The first-order chi connectivity index (χ1) is 8.24. The second kappa shape index (κ2) is 8.54. The molecule has 2 nitrogen and oxygen atoms in total. The van der Waals surface area contributed by atoms with Gasteiger partial charge in [0.15, 0.2) is 0 Å². The van der Waals surface area contributed by atoms with E-state index in [1.54, 1.807) is 0 Å². The summed E-state index contributed by atoms with van der Waals surface area (Å²) in [4.78, 5) is 11.2. The van der Waals surface area contributed by atoms with Gasteiger partial charge in [0.1, 0.15) is 6.10 Å². The predicted octanol–water partition coefficient (Wildman–Crippen LogP) is 4.47. The Balaban J connectivity index is 1.99. The lowest BCUT2D eigenvalue weighted by molar-refractivity contribution is -0.158. The number of esters is 1. The number of cyclic esters (lactones) is 1. The van der Waals surface area contributed by atoms with E-state index in [4.69, 9.17) is 4.74 Å². The molecule has 0 aliphatic carbocycles. The first-order valence-corrected chi connectivity index (χ1v) is 7.43. The van der Waals surface area contributed by atoms with Crippen LogP contribution in [0.25, 0.3) is 0 Å². The van der Waals surface area contributed by atoms with Crippen molar-refractivity contribution in [3.63, 3.8) is 0 Å². The lowest BCUT2D eigenvalue weighted by Crippen LogP contribution is -2.30. The topological polar surface area (TPSA) is 26.3 Å². The number of unbranched alkanes of at least 4 members (excludes halogenated alkanes) is 6. The third kappa shape index (κ3) is 6.09. The molecule has 0 aromatic rings. The highest BCUT2D eigenvalue weighted by atomic mass is 16.5. The number of rotatable bonds is 8. The molecule has 0 N–H and O–H groups in total. The fourth-order valence-electron chi connectivity index (χ4n) is 2.52. The molecule has 17 heavy (non-hydrogen) atoms. The summed E-state index contributed by atoms with van der Waals surface area (Å²) in [7, 11) is 0. The lowest BCUT2D eigenvalue weighted by Gasteiger charge is -2.28. The van der Waals surface area contributed by atoms with Crippen molar-refractivity contribution in [2.75, 3.05) is 0 Å². The van der Waals surface area contributed by atoms with E-state index in [1.165, 1.54) is 44.9 Å². The molecule has 1 saturated heterocycles. The maximum atomic E-state index is 11.2. The van der Waals surface area contributed by atoms with E-state index < -0.39 is 0 Å². The van der Waals surface area contributed by atoms with Crippen molar-refractivity contribution >= 4 is 5.97 Å². The van der Waals surface area contributed by atoms with Crippen molar-refractivity contribution in [1.29, 1.82) is 0 Å². The normalized spacial score (nSPS) is 24.7. The zero-order valence-electron chi connectivity index (χ0n) is 11.5.